The van der Waals surface area contributed by atoms with E-state index in [4.69, 9.17) is 4.74 Å². The number of rotatable bonds is 5. The van der Waals surface area contributed by atoms with Gasteiger partial charge < -0.3 is 10.1 Å². The first kappa shape index (κ1) is 14.6. The number of aromatic nitrogens is 2. The number of nitrogens with one attached hydrogen (secondary N) is 1. The van der Waals surface area contributed by atoms with Gasteiger partial charge in [-0.05, 0) is 46.1 Å². The zero-order valence-electron chi connectivity index (χ0n) is 11.4. The summed E-state index contributed by atoms with van der Waals surface area (Å²) < 4.78 is 7.64. The van der Waals surface area contributed by atoms with E-state index in [1.54, 1.807) is 18.0 Å². The van der Waals surface area contributed by atoms with Crippen LogP contribution in [0, 0.1) is 0 Å². The maximum Gasteiger partial charge on any atom is 0.224 e. The van der Waals surface area contributed by atoms with Crippen molar-refractivity contribution in [3.05, 3.63) is 40.6 Å². The van der Waals surface area contributed by atoms with Gasteiger partial charge in [0.1, 0.15) is 5.75 Å². The van der Waals surface area contributed by atoms with Crippen LogP contribution in [0.3, 0.4) is 0 Å². The van der Waals surface area contributed by atoms with Crippen molar-refractivity contribution in [2.24, 2.45) is 7.05 Å². The van der Waals surface area contributed by atoms with Crippen LogP contribution in [0.5, 0.6) is 5.75 Å². The van der Waals surface area contributed by atoms with E-state index in [9.17, 15) is 4.79 Å². The van der Waals surface area contributed by atoms with E-state index in [-0.39, 0.29) is 5.91 Å². The number of hydrogen-bond acceptors (Lipinski definition) is 3. The number of ether oxygens (including phenoxy) is 1. The van der Waals surface area contributed by atoms with Crippen LogP contribution >= 0.6 is 15.9 Å². The first-order chi connectivity index (χ1) is 9.58. The van der Waals surface area contributed by atoms with Crippen molar-refractivity contribution in [2.45, 2.75) is 12.8 Å². The van der Waals surface area contributed by atoms with Gasteiger partial charge in [-0.3, -0.25) is 9.48 Å². The molecule has 20 heavy (non-hydrogen) atoms. The second kappa shape index (κ2) is 6.56. The highest BCUT2D eigenvalue weighted by atomic mass is 79.9. The topological polar surface area (TPSA) is 56.1 Å². The number of hydrogen-bond donors (Lipinski definition) is 1. The highest BCUT2D eigenvalue weighted by molar-refractivity contribution is 9.10. The fraction of sp³-hybridized carbons (Fsp3) is 0.286. The van der Waals surface area contributed by atoms with Crippen LogP contribution < -0.4 is 10.1 Å². The maximum absolute atomic E-state index is 11.9. The van der Waals surface area contributed by atoms with Crippen molar-refractivity contribution < 1.29 is 9.53 Å². The summed E-state index contributed by atoms with van der Waals surface area (Å²) in [6.45, 7) is 0. The largest absolute Gasteiger partial charge is 0.497 e. The highest BCUT2D eigenvalue weighted by Gasteiger charge is 2.07. The van der Waals surface area contributed by atoms with Crippen molar-refractivity contribution in [1.29, 1.82) is 0 Å². The minimum absolute atomic E-state index is 0.0280. The Bertz CT molecular complexity index is 610. The van der Waals surface area contributed by atoms with Gasteiger partial charge in [-0.25, -0.2) is 0 Å². The molecule has 1 N–H and O–H groups in total. The predicted molar refractivity (Wildman–Crippen MR) is 80.9 cm³/mol. The summed E-state index contributed by atoms with van der Waals surface area (Å²) in [5.74, 6) is 0.713. The Labute approximate surface area is 126 Å². The predicted octanol–water partition coefficient (Wildman–Crippen LogP) is 2.76. The molecule has 0 bridgehead atoms. The van der Waals surface area contributed by atoms with Gasteiger partial charge in [-0.15, -0.1) is 0 Å². The molecule has 0 aliphatic heterocycles. The van der Waals surface area contributed by atoms with Crippen LogP contribution in [0.15, 0.2) is 35.1 Å². The van der Waals surface area contributed by atoms with Gasteiger partial charge in [-0.2, -0.15) is 5.10 Å². The van der Waals surface area contributed by atoms with Crippen molar-refractivity contribution in [2.75, 3.05) is 12.4 Å². The molecule has 5 nitrogen and oxygen atoms in total. The minimum atomic E-state index is -0.0280. The van der Waals surface area contributed by atoms with Gasteiger partial charge in [-0.1, -0.05) is 0 Å². The Kier molecular flexibility index (Phi) is 4.79. The summed E-state index contributed by atoms with van der Waals surface area (Å²) in [5, 5.41) is 6.95. The average Bonchev–Trinajstić information content (AvgIpc) is 2.84. The maximum atomic E-state index is 11.9. The number of anilines is 1. The lowest BCUT2D eigenvalue weighted by atomic mass is 10.2. The highest BCUT2D eigenvalue weighted by Crippen LogP contribution is 2.27. The number of nitrogens with zero attached hydrogens (tertiary/aromatic N) is 2. The van der Waals surface area contributed by atoms with E-state index >= 15 is 0 Å². The fourth-order valence-electron chi connectivity index (χ4n) is 1.80. The summed E-state index contributed by atoms with van der Waals surface area (Å²) in [5.41, 5.74) is 1.79. The third-order valence-corrected chi connectivity index (χ3v) is 3.51. The molecule has 0 unspecified atom stereocenters. The number of benzene rings is 1. The average molecular weight is 338 g/mol. The number of halogens is 1. The van der Waals surface area contributed by atoms with Crippen LogP contribution in [0.25, 0.3) is 0 Å². The summed E-state index contributed by atoms with van der Waals surface area (Å²) in [7, 11) is 3.46. The van der Waals surface area contributed by atoms with Gasteiger partial charge in [0, 0.05) is 24.1 Å². The molecule has 1 heterocycles. The van der Waals surface area contributed by atoms with Gasteiger partial charge in [0.25, 0.3) is 0 Å². The van der Waals surface area contributed by atoms with E-state index in [0.29, 0.717) is 12.8 Å². The fourth-order valence-corrected chi connectivity index (χ4v) is 2.25. The molecule has 1 aromatic heterocycles. The number of methoxy groups -OCH3 is 1. The van der Waals surface area contributed by atoms with Gasteiger partial charge in [0.2, 0.25) is 5.91 Å². The van der Waals surface area contributed by atoms with Crippen molar-refractivity contribution in [3.63, 3.8) is 0 Å². The second-order valence-electron chi connectivity index (χ2n) is 4.42. The van der Waals surface area contributed by atoms with Gasteiger partial charge in [0.05, 0.1) is 19.0 Å². The van der Waals surface area contributed by atoms with E-state index in [1.165, 1.54) is 0 Å². The molecule has 1 amide bonds. The van der Waals surface area contributed by atoms with Crippen LogP contribution in [-0.2, 0) is 18.3 Å². The Morgan fingerprint density at radius 3 is 2.90 bits per heavy atom. The first-order valence-electron chi connectivity index (χ1n) is 6.19. The molecule has 0 saturated heterocycles. The molecule has 106 valence electrons. The summed E-state index contributed by atoms with van der Waals surface area (Å²) >= 11 is 3.41. The van der Waals surface area contributed by atoms with Gasteiger partial charge >= 0.3 is 0 Å². The third kappa shape index (κ3) is 3.84. The quantitative estimate of drug-likeness (QED) is 0.912. The summed E-state index contributed by atoms with van der Waals surface area (Å²) in [6, 6.07) is 5.43. The van der Waals surface area contributed by atoms with Crippen molar-refractivity contribution in [3.8, 4) is 5.75 Å². The van der Waals surface area contributed by atoms with Crippen LogP contribution in [0.2, 0.25) is 0 Å². The monoisotopic (exact) mass is 337 g/mol. The molecule has 0 atom stereocenters. The zero-order chi connectivity index (χ0) is 14.5. The number of carbonyl (C=O) groups excluding carboxylic acids is 1. The SMILES string of the molecule is COc1ccc(NC(=O)CCc2cnn(C)c2)c(Br)c1. The second-order valence-corrected chi connectivity index (χ2v) is 5.27. The van der Waals surface area contributed by atoms with E-state index < -0.39 is 0 Å². The molecule has 0 fully saturated rings. The minimum Gasteiger partial charge on any atom is -0.497 e. The molecule has 0 aliphatic rings. The van der Waals surface area contributed by atoms with Crippen molar-refractivity contribution in [1.82, 2.24) is 9.78 Å². The molecule has 2 rings (SSSR count). The molecular formula is C14H16BrN3O2. The molecule has 1 aromatic carbocycles. The Balaban J connectivity index is 1.91. The molecule has 6 heteroatoms. The lowest BCUT2D eigenvalue weighted by molar-refractivity contribution is -0.116. The van der Waals surface area contributed by atoms with E-state index in [1.807, 2.05) is 31.4 Å². The van der Waals surface area contributed by atoms with Crippen LogP contribution in [0.1, 0.15) is 12.0 Å². The molecule has 0 saturated carbocycles. The number of carbonyl (C=O) groups is 1. The Morgan fingerprint density at radius 2 is 2.30 bits per heavy atom. The molecule has 0 radical (unpaired) electrons. The Hall–Kier alpha value is -1.82. The lowest BCUT2D eigenvalue weighted by Gasteiger charge is -2.08. The summed E-state index contributed by atoms with van der Waals surface area (Å²) in [6.07, 6.45) is 4.78. The third-order valence-electron chi connectivity index (χ3n) is 2.85. The van der Waals surface area contributed by atoms with E-state index in [0.717, 1.165) is 21.5 Å². The lowest BCUT2D eigenvalue weighted by Crippen LogP contribution is -2.12. The normalized spacial score (nSPS) is 10.3. The molecule has 0 spiro atoms. The van der Waals surface area contributed by atoms with Gasteiger partial charge in [0.15, 0.2) is 0 Å². The smallest absolute Gasteiger partial charge is 0.224 e. The van der Waals surface area contributed by atoms with Crippen LogP contribution in [0.4, 0.5) is 5.69 Å². The molecule has 0 aliphatic carbocycles. The molecule has 2 aromatic rings. The molecular weight excluding hydrogens is 322 g/mol. The standard InChI is InChI=1S/C14H16BrN3O2/c1-18-9-10(8-16-18)3-6-14(19)17-13-5-4-11(20-2)7-12(13)15/h4-5,7-9H,3,6H2,1-2H3,(H,17,19). The van der Waals surface area contributed by atoms with E-state index in [2.05, 4.69) is 26.3 Å². The number of aryl methyl sites for hydroxylation is 2. The first-order valence-corrected chi connectivity index (χ1v) is 6.98. The van der Waals surface area contributed by atoms with Crippen LogP contribution in [-0.4, -0.2) is 22.8 Å². The van der Waals surface area contributed by atoms with Crippen molar-refractivity contribution >= 4 is 27.5 Å². The number of amides is 1. The Morgan fingerprint density at radius 1 is 1.50 bits per heavy atom. The zero-order valence-corrected chi connectivity index (χ0v) is 13.0. The summed E-state index contributed by atoms with van der Waals surface area (Å²) in [4.78, 5) is 11.9.